The summed E-state index contributed by atoms with van der Waals surface area (Å²) >= 11 is 0. The minimum absolute atomic E-state index is 0.0815. The van der Waals surface area contributed by atoms with Crippen LogP contribution >= 0.6 is 0 Å². The average Bonchev–Trinajstić information content (AvgIpc) is 2.56. The van der Waals surface area contributed by atoms with E-state index in [2.05, 4.69) is 0 Å². The van der Waals surface area contributed by atoms with Gasteiger partial charge in [0.05, 0.1) is 11.1 Å². The molecule has 22 heavy (non-hydrogen) atoms. The van der Waals surface area contributed by atoms with Crippen molar-refractivity contribution >= 4 is 5.78 Å². The number of benzene rings is 3. The Bertz CT molecular complexity index is 823. The van der Waals surface area contributed by atoms with Crippen LogP contribution in [-0.4, -0.2) is 16.0 Å². The molecule has 3 rings (SSSR count). The predicted octanol–water partition coefficient (Wildman–Crippen LogP) is 4.00. The number of ketones is 1. The Morgan fingerprint density at radius 1 is 0.682 bits per heavy atom. The Balaban J connectivity index is 2.10. The van der Waals surface area contributed by atoms with E-state index < -0.39 is 5.78 Å². The molecule has 0 aromatic heterocycles. The van der Waals surface area contributed by atoms with E-state index in [1.807, 2.05) is 30.3 Å². The smallest absolute Gasteiger partial charge is 0.200 e. The molecule has 3 aromatic carbocycles. The normalized spacial score (nSPS) is 10.4. The quantitative estimate of drug-likeness (QED) is 0.717. The van der Waals surface area contributed by atoms with Crippen molar-refractivity contribution in [1.29, 1.82) is 0 Å². The first-order valence-corrected chi connectivity index (χ1v) is 6.88. The molecule has 0 unspecified atom stereocenters. The number of carbonyl (C=O) groups is 1. The van der Waals surface area contributed by atoms with Crippen LogP contribution in [0.4, 0.5) is 0 Å². The van der Waals surface area contributed by atoms with Crippen LogP contribution in [0.15, 0.2) is 72.8 Å². The molecule has 0 saturated heterocycles. The van der Waals surface area contributed by atoms with E-state index in [9.17, 15) is 15.0 Å². The van der Waals surface area contributed by atoms with Crippen molar-refractivity contribution in [3.63, 3.8) is 0 Å². The lowest BCUT2D eigenvalue weighted by molar-refractivity contribution is 0.103. The third-order valence-electron chi connectivity index (χ3n) is 3.51. The fourth-order valence-electron chi connectivity index (χ4n) is 2.39. The summed E-state index contributed by atoms with van der Waals surface area (Å²) in [4.78, 5) is 12.6. The molecule has 108 valence electrons. The van der Waals surface area contributed by atoms with Crippen LogP contribution in [0.25, 0.3) is 11.1 Å². The maximum atomic E-state index is 12.6. The zero-order valence-corrected chi connectivity index (χ0v) is 11.7. The highest BCUT2D eigenvalue weighted by atomic mass is 16.3. The van der Waals surface area contributed by atoms with E-state index in [4.69, 9.17) is 0 Å². The van der Waals surface area contributed by atoms with Crippen molar-refractivity contribution in [2.24, 2.45) is 0 Å². The first kappa shape index (κ1) is 13.9. The Hall–Kier alpha value is -3.07. The van der Waals surface area contributed by atoms with Crippen LogP contribution in [0, 0.1) is 0 Å². The molecule has 3 aromatic rings. The summed E-state index contributed by atoms with van der Waals surface area (Å²) in [6.45, 7) is 0. The molecule has 0 aliphatic rings. The van der Waals surface area contributed by atoms with Crippen molar-refractivity contribution < 1.29 is 15.0 Å². The number of hydrogen-bond acceptors (Lipinski definition) is 3. The van der Waals surface area contributed by atoms with Gasteiger partial charge in [0.1, 0.15) is 11.5 Å². The summed E-state index contributed by atoms with van der Waals surface area (Å²) < 4.78 is 0. The Kier molecular flexibility index (Phi) is 3.62. The molecule has 3 heteroatoms. The maximum absolute atomic E-state index is 12.6. The second kappa shape index (κ2) is 5.74. The van der Waals surface area contributed by atoms with Crippen molar-refractivity contribution in [2.45, 2.75) is 0 Å². The summed E-state index contributed by atoms with van der Waals surface area (Å²) in [5, 5.41) is 20.3. The van der Waals surface area contributed by atoms with Gasteiger partial charge in [-0.1, -0.05) is 54.6 Å². The topological polar surface area (TPSA) is 57.5 Å². The lowest BCUT2D eigenvalue weighted by Crippen LogP contribution is -2.02. The van der Waals surface area contributed by atoms with E-state index in [0.29, 0.717) is 5.56 Å². The number of hydrogen-bond donors (Lipinski definition) is 2. The molecule has 0 heterocycles. The van der Waals surface area contributed by atoms with Gasteiger partial charge in [0, 0.05) is 5.56 Å². The minimum Gasteiger partial charge on any atom is -0.507 e. The molecule has 0 aliphatic heterocycles. The van der Waals surface area contributed by atoms with Gasteiger partial charge >= 0.3 is 0 Å². The molecule has 2 N–H and O–H groups in total. The molecule has 0 bridgehead atoms. The van der Waals surface area contributed by atoms with Gasteiger partial charge in [0.25, 0.3) is 0 Å². The first-order chi connectivity index (χ1) is 10.7. The molecule has 0 aliphatic carbocycles. The van der Waals surface area contributed by atoms with Crippen LogP contribution in [0.1, 0.15) is 15.9 Å². The van der Waals surface area contributed by atoms with Gasteiger partial charge < -0.3 is 10.2 Å². The number of para-hydroxylation sites is 2. The van der Waals surface area contributed by atoms with Gasteiger partial charge in [-0.3, -0.25) is 4.79 Å². The van der Waals surface area contributed by atoms with E-state index in [0.717, 1.165) is 5.56 Å². The number of rotatable bonds is 3. The van der Waals surface area contributed by atoms with Crippen molar-refractivity contribution in [3.8, 4) is 22.6 Å². The molecular weight excluding hydrogens is 276 g/mol. The van der Waals surface area contributed by atoms with Crippen LogP contribution < -0.4 is 0 Å². The highest BCUT2D eigenvalue weighted by Crippen LogP contribution is 2.34. The molecule has 0 radical (unpaired) electrons. The number of carbonyl (C=O) groups excluding carboxylic acids is 1. The molecule has 0 fully saturated rings. The number of aromatic hydroxyl groups is 2. The lowest BCUT2D eigenvalue weighted by atomic mass is 9.96. The molecule has 0 spiro atoms. The zero-order chi connectivity index (χ0) is 15.5. The van der Waals surface area contributed by atoms with Crippen molar-refractivity contribution in [1.82, 2.24) is 0 Å². The molecule has 3 nitrogen and oxygen atoms in total. The molecule has 0 amide bonds. The monoisotopic (exact) mass is 290 g/mol. The Labute approximate surface area is 128 Å². The van der Waals surface area contributed by atoms with Gasteiger partial charge in [0.2, 0.25) is 0 Å². The Morgan fingerprint density at radius 3 is 2.05 bits per heavy atom. The van der Waals surface area contributed by atoms with Gasteiger partial charge in [0.15, 0.2) is 5.78 Å². The summed E-state index contributed by atoms with van der Waals surface area (Å²) in [6, 6.07) is 20.7. The van der Waals surface area contributed by atoms with Gasteiger partial charge in [-0.05, 0) is 23.8 Å². The summed E-state index contributed by atoms with van der Waals surface area (Å²) in [5.41, 5.74) is 1.75. The predicted molar refractivity (Wildman–Crippen MR) is 85.1 cm³/mol. The van der Waals surface area contributed by atoms with Gasteiger partial charge in [-0.25, -0.2) is 0 Å². The molecule has 0 atom stereocenters. The second-order valence-electron chi connectivity index (χ2n) is 4.91. The highest BCUT2D eigenvalue weighted by Gasteiger charge is 2.18. The zero-order valence-electron chi connectivity index (χ0n) is 11.7. The van der Waals surface area contributed by atoms with Gasteiger partial charge in [-0.15, -0.1) is 0 Å². The van der Waals surface area contributed by atoms with Crippen LogP contribution in [0.2, 0.25) is 0 Å². The lowest BCUT2D eigenvalue weighted by Gasteiger charge is -2.10. The third-order valence-corrected chi connectivity index (χ3v) is 3.51. The first-order valence-electron chi connectivity index (χ1n) is 6.88. The maximum Gasteiger partial charge on any atom is 0.200 e. The van der Waals surface area contributed by atoms with Crippen LogP contribution in [0.3, 0.4) is 0 Å². The minimum atomic E-state index is -0.409. The highest BCUT2D eigenvalue weighted by molar-refractivity contribution is 6.13. The SMILES string of the molecule is O=C(c1ccccc1O)c1cccc(-c2ccccc2)c1O. The van der Waals surface area contributed by atoms with Gasteiger partial charge in [-0.2, -0.15) is 0 Å². The second-order valence-corrected chi connectivity index (χ2v) is 4.91. The summed E-state index contributed by atoms with van der Waals surface area (Å²) in [6.07, 6.45) is 0. The third kappa shape index (κ3) is 2.44. The average molecular weight is 290 g/mol. The standard InChI is InChI=1S/C19H14O3/c20-17-12-5-4-9-15(17)19(22)16-11-6-10-14(18(16)21)13-7-2-1-3-8-13/h1-12,20-21H. The van der Waals surface area contributed by atoms with E-state index in [1.54, 1.807) is 30.3 Å². The number of phenolic OH excluding ortho intramolecular Hbond substituents is 2. The number of phenols is 2. The van der Waals surface area contributed by atoms with Crippen LogP contribution in [-0.2, 0) is 0 Å². The van der Waals surface area contributed by atoms with Crippen molar-refractivity contribution in [3.05, 3.63) is 83.9 Å². The van der Waals surface area contributed by atoms with E-state index in [1.165, 1.54) is 12.1 Å². The largest absolute Gasteiger partial charge is 0.507 e. The molecule has 0 saturated carbocycles. The van der Waals surface area contributed by atoms with Crippen LogP contribution in [0.5, 0.6) is 11.5 Å². The van der Waals surface area contributed by atoms with E-state index in [-0.39, 0.29) is 22.6 Å². The van der Waals surface area contributed by atoms with E-state index >= 15 is 0 Å². The fourth-order valence-corrected chi connectivity index (χ4v) is 2.39. The van der Waals surface area contributed by atoms with Crippen molar-refractivity contribution in [2.75, 3.05) is 0 Å². The summed E-state index contributed by atoms with van der Waals surface area (Å²) in [7, 11) is 0. The summed E-state index contributed by atoms with van der Waals surface area (Å²) in [5.74, 6) is -0.590. The molecular formula is C19H14O3. The fraction of sp³-hybridized carbons (Fsp3) is 0. The Morgan fingerprint density at radius 2 is 1.32 bits per heavy atom.